The van der Waals surface area contributed by atoms with E-state index >= 15 is 0 Å². The van der Waals surface area contributed by atoms with E-state index < -0.39 is 96.7 Å². The van der Waals surface area contributed by atoms with Gasteiger partial charge < -0.3 is 4.74 Å². The minimum absolute atomic E-state index is 1.18. The normalized spacial score (nSPS) is 17.0. The highest BCUT2D eigenvalue weighted by Crippen LogP contribution is 2.54. The van der Waals surface area contributed by atoms with Crippen molar-refractivity contribution in [3.05, 3.63) is 23.7 Å². The van der Waals surface area contributed by atoms with Gasteiger partial charge in [0.2, 0.25) is 0 Å². The minimum Gasteiger partial charge on any atom is -0.400 e. The average Bonchev–Trinajstić information content (AvgIpc) is 2.83. The van der Waals surface area contributed by atoms with Crippen LogP contribution in [0.25, 0.3) is 0 Å². The van der Waals surface area contributed by atoms with Gasteiger partial charge in [0.25, 0.3) is 11.7 Å². The lowest BCUT2D eigenvalue weighted by Gasteiger charge is -2.33. The summed E-state index contributed by atoms with van der Waals surface area (Å²) in [5.41, 5.74) is 0. The number of hydrogen-bond acceptors (Lipinski definition) is 5. The van der Waals surface area contributed by atoms with Gasteiger partial charge in [-0.15, -0.1) is 0 Å². The van der Waals surface area contributed by atoms with Gasteiger partial charge in [-0.3, -0.25) is 0 Å². The molecule has 0 amide bonds. The Morgan fingerprint density at radius 3 is 0.608 bits per heavy atom. The summed E-state index contributed by atoms with van der Waals surface area (Å²) in [6, 6.07) is -9.74. The molecule has 0 aliphatic carbocycles. The average molecular weight is 842 g/mol. The second-order valence-electron chi connectivity index (χ2n) is 7.96. The Labute approximate surface area is 253 Å². The molecule has 0 radical (unpaired) electrons. The molecule has 0 N–H and O–H groups in total. The number of halogens is 30. The molecule has 0 aliphatic rings. The Hall–Kier alpha value is -2.98. The molecule has 0 aliphatic heterocycles. The summed E-state index contributed by atoms with van der Waals surface area (Å²) in [6.45, 7) is 0. The van der Waals surface area contributed by atoms with Crippen LogP contribution in [0.4, 0.5) is 132 Å². The van der Waals surface area contributed by atoms with Crippen LogP contribution in [-0.4, -0.2) is 73.1 Å². The quantitative estimate of drug-likeness (QED) is 0.114. The van der Waals surface area contributed by atoms with Gasteiger partial charge in [-0.25, -0.2) is 18.9 Å². The molecule has 0 saturated heterocycles. The zero-order valence-electron chi connectivity index (χ0n) is 21.4. The van der Waals surface area contributed by atoms with Gasteiger partial charge in [0.15, 0.2) is 0 Å². The van der Waals surface area contributed by atoms with E-state index in [1.54, 1.807) is 0 Å². The van der Waals surface area contributed by atoms with Crippen molar-refractivity contribution in [2.75, 3.05) is 0 Å². The Kier molecular flexibility index (Phi) is 12.7. The third-order valence-electron chi connectivity index (χ3n) is 4.17. The Morgan fingerprint density at radius 1 is 0.255 bits per heavy atom. The van der Waals surface area contributed by atoms with Crippen molar-refractivity contribution >= 4 is 0 Å². The van der Waals surface area contributed by atoms with E-state index in [0.717, 1.165) is 0 Å². The van der Waals surface area contributed by atoms with Gasteiger partial charge in [-0.2, -0.15) is 132 Å². The van der Waals surface area contributed by atoms with E-state index in [-0.39, 0.29) is 0 Å². The molecule has 0 fully saturated rings. The molecule has 0 unspecified atom stereocenters. The fourth-order valence-electron chi connectivity index (χ4n) is 1.80. The van der Waals surface area contributed by atoms with Gasteiger partial charge in [-0.05, 0) is 0 Å². The van der Waals surface area contributed by atoms with E-state index in [9.17, 15) is 132 Å². The van der Waals surface area contributed by atoms with Crippen molar-refractivity contribution in [1.82, 2.24) is 0 Å². The van der Waals surface area contributed by atoms with Crippen LogP contribution < -0.4 is 0 Å². The van der Waals surface area contributed by atoms with Crippen LogP contribution in [0.1, 0.15) is 0 Å². The van der Waals surface area contributed by atoms with Crippen molar-refractivity contribution in [1.29, 1.82) is 0 Å². The Balaban J connectivity index is 6.53. The lowest BCUT2D eigenvalue weighted by Crippen LogP contribution is -2.57. The number of ether oxygens (including phenoxy) is 5. The molecule has 0 bridgehead atoms. The van der Waals surface area contributed by atoms with E-state index in [1.807, 2.05) is 4.74 Å². The van der Waals surface area contributed by atoms with Gasteiger partial charge in [0.05, 0.1) is 0 Å². The smallest absolute Gasteiger partial charge is 0.400 e. The lowest BCUT2D eigenvalue weighted by molar-refractivity contribution is -0.545. The molecular formula is C16F30O5. The predicted molar refractivity (Wildman–Crippen MR) is 85.5 cm³/mol. The van der Waals surface area contributed by atoms with Crippen molar-refractivity contribution in [3.63, 3.8) is 0 Å². The highest BCUT2D eigenvalue weighted by molar-refractivity contribution is 5.14. The number of rotatable bonds is 16. The minimum atomic E-state index is -8.02. The van der Waals surface area contributed by atoms with Gasteiger partial charge in [0.1, 0.15) is 0 Å². The lowest BCUT2D eigenvalue weighted by atomic mass is 10.2. The van der Waals surface area contributed by atoms with Crippen LogP contribution in [-0.2, 0) is 23.7 Å². The first-order valence-electron chi connectivity index (χ1n) is 10.2. The summed E-state index contributed by atoms with van der Waals surface area (Å²) < 4.78 is 393. The van der Waals surface area contributed by atoms with Crippen molar-refractivity contribution in [2.24, 2.45) is 0 Å². The summed E-state index contributed by atoms with van der Waals surface area (Å²) in [7, 11) is 0. The summed E-state index contributed by atoms with van der Waals surface area (Å²) in [5.74, 6) is -26.3. The molecule has 0 aromatic rings. The van der Waals surface area contributed by atoms with Crippen LogP contribution >= 0.6 is 0 Å². The third kappa shape index (κ3) is 9.72. The molecular weight excluding hydrogens is 842 g/mol. The van der Waals surface area contributed by atoms with E-state index in [1.165, 1.54) is 18.9 Å². The molecule has 0 aromatic carbocycles. The second kappa shape index (κ2) is 13.5. The van der Waals surface area contributed by atoms with Gasteiger partial charge in [-0.1, -0.05) is 0 Å². The molecule has 0 saturated carbocycles. The van der Waals surface area contributed by atoms with Gasteiger partial charge in [0, 0.05) is 0 Å². The molecule has 0 spiro atoms. The zero-order valence-corrected chi connectivity index (χ0v) is 21.4. The molecule has 35 heteroatoms. The fourth-order valence-corrected chi connectivity index (χ4v) is 1.80. The van der Waals surface area contributed by atoms with Gasteiger partial charge >= 0.3 is 85.1 Å². The van der Waals surface area contributed by atoms with Crippen molar-refractivity contribution in [2.45, 2.75) is 73.1 Å². The van der Waals surface area contributed by atoms with Crippen LogP contribution in [0.3, 0.4) is 0 Å². The maximum atomic E-state index is 13.5. The highest BCUT2D eigenvalue weighted by atomic mass is 19.4. The second-order valence-corrected chi connectivity index (χ2v) is 7.96. The molecule has 51 heavy (non-hydrogen) atoms. The summed E-state index contributed by atoms with van der Waals surface area (Å²) >= 11 is 0. The highest BCUT2D eigenvalue weighted by Gasteiger charge is 2.78. The molecule has 0 atom stereocenters. The number of hydrogen-bond donors (Lipinski definition) is 0. The maximum absolute atomic E-state index is 13.5. The van der Waals surface area contributed by atoms with Crippen LogP contribution in [0, 0.1) is 0 Å². The molecule has 0 heterocycles. The van der Waals surface area contributed by atoms with E-state index in [0.29, 0.717) is 0 Å². The molecule has 0 aromatic heterocycles. The van der Waals surface area contributed by atoms with E-state index in [4.69, 9.17) is 0 Å². The third-order valence-corrected chi connectivity index (χ3v) is 4.17. The van der Waals surface area contributed by atoms with Crippen molar-refractivity contribution in [3.8, 4) is 0 Å². The first-order chi connectivity index (χ1) is 21.7. The number of alkyl halides is 26. The van der Waals surface area contributed by atoms with Crippen molar-refractivity contribution < 1.29 is 155 Å². The SMILES string of the molecule is FC(OC(F)=C(F)C(F)(F)C(F)(F)OC(F)(F)C(F)(F)OC(F)(F)C(F)(F)F)=C(F)C(F)(F)C(F)(F)OC(F)(F)C(F)(F)OC(F)(F)C(F)(F)F. The largest absolute Gasteiger partial charge is 0.483 e. The summed E-state index contributed by atoms with van der Waals surface area (Å²) in [4.78, 5) is 0. The van der Waals surface area contributed by atoms with Crippen LogP contribution in [0.15, 0.2) is 23.7 Å². The van der Waals surface area contributed by atoms with Crippen LogP contribution in [0.2, 0.25) is 0 Å². The zero-order chi connectivity index (χ0) is 41.8. The topological polar surface area (TPSA) is 46.2 Å². The van der Waals surface area contributed by atoms with E-state index in [2.05, 4.69) is 0 Å². The molecule has 0 rings (SSSR count). The first kappa shape index (κ1) is 48.0. The Morgan fingerprint density at radius 2 is 0.431 bits per heavy atom. The predicted octanol–water partition coefficient (Wildman–Crippen LogP) is 10.4. The monoisotopic (exact) mass is 842 g/mol. The molecule has 304 valence electrons. The molecule has 5 nitrogen and oxygen atoms in total. The Bertz CT molecular complexity index is 1210. The first-order valence-corrected chi connectivity index (χ1v) is 10.2. The summed E-state index contributed by atoms with van der Waals surface area (Å²) in [6.07, 6.45) is -77.5. The standard InChI is InChI=1S/C16F30O5/c17-1(5(21,22)9(31,32)48-13(39,40)15(43,44)50-11(35,36)7(25,26)27)3(19)47-4(20)2(18)6(23,24)10(33,34)49-14(41,42)16(45,46)51-12(37,38)8(28,29)30. The summed E-state index contributed by atoms with van der Waals surface area (Å²) in [5, 5.41) is 0. The maximum Gasteiger partial charge on any atom is 0.483 e. The fraction of sp³-hybridized carbons (Fsp3) is 0.750. The van der Waals surface area contributed by atoms with Crippen LogP contribution in [0.5, 0.6) is 0 Å².